The third kappa shape index (κ3) is 6.31. The van der Waals surface area contributed by atoms with Gasteiger partial charge in [0.05, 0.1) is 22.6 Å². The highest BCUT2D eigenvalue weighted by atomic mass is 32.2. The van der Waals surface area contributed by atoms with Crippen molar-refractivity contribution in [3.05, 3.63) is 45.8 Å². The van der Waals surface area contributed by atoms with Gasteiger partial charge >= 0.3 is 0 Å². The number of anilines is 1. The quantitative estimate of drug-likeness (QED) is 0.463. The number of sulfonamides is 1. The molecule has 2 aliphatic rings. The topological polar surface area (TPSA) is 138 Å². The average molecular weight is 569 g/mol. The van der Waals surface area contributed by atoms with Crippen LogP contribution in [0.1, 0.15) is 63.8 Å². The molecule has 0 bridgehead atoms. The van der Waals surface area contributed by atoms with Crippen LogP contribution in [0, 0.1) is 22.7 Å². The Bertz CT molecular complexity index is 1380. The molecular formula is C27H32N6O4S2. The summed E-state index contributed by atoms with van der Waals surface area (Å²) in [4.78, 5) is 32.0. The standard InChI is InChI=1S/C27H32N6O4S2/c1-2-31-18-11-22-23(19-31)38-26(24(22)27(35)32-14-3-4-15-32)30-25(34)20-7-9-21(10-8-20)39(36,37)33(16-5-12-28)17-6-13-29/h7-10H,2-6,11,14-19H2,1H3,(H,30,34). The van der Waals surface area contributed by atoms with E-state index in [1.807, 2.05) is 17.0 Å². The molecule has 0 aliphatic carbocycles. The van der Waals surface area contributed by atoms with Crippen LogP contribution in [0.3, 0.4) is 0 Å². The van der Waals surface area contributed by atoms with E-state index in [0.29, 0.717) is 23.7 Å². The second-order valence-electron chi connectivity index (χ2n) is 9.52. The van der Waals surface area contributed by atoms with Crippen molar-refractivity contribution in [2.24, 2.45) is 0 Å². The zero-order valence-electron chi connectivity index (χ0n) is 22.0. The molecule has 1 aromatic carbocycles. The van der Waals surface area contributed by atoms with Gasteiger partial charge in [0.15, 0.2) is 0 Å². The number of nitrogens with one attached hydrogen (secondary N) is 1. The Morgan fingerprint density at radius 3 is 2.28 bits per heavy atom. The molecule has 0 atom stereocenters. The first kappa shape index (κ1) is 28.7. The molecule has 39 heavy (non-hydrogen) atoms. The molecule has 3 heterocycles. The highest BCUT2D eigenvalue weighted by molar-refractivity contribution is 7.89. The van der Waals surface area contributed by atoms with Crippen LogP contribution in [0.4, 0.5) is 5.00 Å². The highest BCUT2D eigenvalue weighted by Crippen LogP contribution is 2.38. The lowest BCUT2D eigenvalue weighted by molar-refractivity contribution is 0.0792. The lowest BCUT2D eigenvalue weighted by atomic mass is 10.0. The monoisotopic (exact) mass is 568 g/mol. The number of nitriles is 2. The molecule has 1 N–H and O–H groups in total. The highest BCUT2D eigenvalue weighted by Gasteiger charge is 2.32. The number of hydrogen-bond donors (Lipinski definition) is 1. The van der Waals surface area contributed by atoms with Crippen molar-refractivity contribution < 1.29 is 18.0 Å². The molecule has 0 unspecified atom stereocenters. The predicted molar refractivity (Wildman–Crippen MR) is 148 cm³/mol. The number of benzene rings is 1. The number of hydrogen-bond acceptors (Lipinski definition) is 8. The Balaban J connectivity index is 1.57. The van der Waals surface area contributed by atoms with Crippen LogP contribution in [0.5, 0.6) is 0 Å². The first-order chi connectivity index (χ1) is 18.8. The minimum atomic E-state index is -3.94. The van der Waals surface area contributed by atoms with E-state index >= 15 is 0 Å². The number of likely N-dealkylation sites (tertiary alicyclic amines) is 1. The Morgan fingerprint density at radius 2 is 1.69 bits per heavy atom. The van der Waals surface area contributed by atoms with E-state index in [-0.39, 0.29) is 42.3 Å². The van der Waals surface area contributed by atoms with Gasteiger partial charge in [-0.15, -0.1) is 11.3 Å². The van der Waals surface area contributed by atoms with Crippen molar-refractivity contribution in [3.63, 3.8) is 0 Å². The molecule has 10 nitrogen and oxygen atoms in total. The van der Waals surface area contributed by atoms with Crippen LogP contribution in [0.2, 0.25) is 0 Å². The van der Waals surface area contributed by atoms with E-state index in [0.717, 1.165) is 53.6 Å². The Hall–Kier alpha value is -3.29. The van der Waals surface area contributed by atoms with Crippen molar-refractivity contribution in [2.75, 3.05) is 44.6 Å². The minimum absolute atomic E-state index is 0.00440. The van der Waals surface area contributed by atoms with E-state index in [4.69, 9.17) is 10.5 Å². The Morgan fingerprint density at radius 1 is 1.05 bits per heavy atom. The lowest BCUT2D eigenvalue weighted by Gasteiger charge is -2.26. The van der Waals surface area contributed by atoms with Crippen LogP contribution in [0.15, 0.2) is 29.2 Å². The van der Waals surface area contributed by atoms with Gasteiger partial charge in [-0.3, -0.25) is 14.5 Å². The van der Waals surface area contributed by atoms with Crippen LogP contribution in [-0.4, -0.2) is 73.6 Å². The first-order valence-electron chi connectivity index (χ1n) is 13.1. The fourth-order valence-electron chi connectivity index (χ4n) is 4.92. The van der Waals surface area contributed by atoms with Crippen molar-refractivity contribution in [3.8, 4) is 12.1 Å². The van der Waals surface area contributed by atoms with E-state index < -0.39 is 15.9 Å². The van der Waals surface area contributed by atoms with Gasteiger partial charge in [-0.25, -0.2) is 8.42 Å². The lowest BCUT2D eigenvalue weighted by Crippen LogP contribution is -2.33. The molecule has 0 saturated carbocycles. The Labute approximate surface area is 233 Å². The second-order valence-corrected chi connectivity index (χ2v) is 12.6. The number of nitrogens with zero attached hydrogens (tertiary/aromatic N) is 5. The summed E-state index contributed by atoms with van der Waals surface area (Å²) in [6, 6.07) is 9.43. The molecule has 2 amide bonds. The van der Waals surface area contributed by atoms with Crippen molar-refractivity contribution in [2.45, 2.75) is 50.5 Å². The van der Waals surface area contributed by atoms with Crippen molar-refractivity contribution >= 4 is 38.2 Å². The first-order valence-corrected chi connectivity index (χ1v) is 15.4. The molecule has 1 saturated heterocycles. The predicted octanol–water partition coefficient (Wildman–Crippen LogP) is 3.43. The van der Waals surface area contributed by atoms with Gasteiger partial charge in [-0.05, 0) is 55.6 Å². The van der Waals surface area contributed by atoms with E-state index in [9.17, 15) is 18.0 Å². The smallest absolute Gasteiger partial charge is 0.257 e. The van der Waals surface area contributed by atoms with Gasteiger partial charge < -0.3 is 10.2 Å². The van der Waals surface area contributed by atoms with E-state index in [1.165, 1.54) is 35.6 Å². The summed E-state index contributed by atoms with van der Waals surface area (Å²) >= 11 is 1.44. The van der Waals surface area contributed by atoms with E-state index in [1.54, 1.807) is 0 Å². The fourth-order valence-corrected chi connectivity index (χ4v) is 7.64. The third-order valence-electron chi connectivity index (χ3n) is 7.12. The molecule has 12 heteroatoms. The number of thiophene rings is 1. The van der Waals surface area contributed by atoms with Crippen molar-refractivity contribution in [1.29, 1.82) is 10.5 Å². The van der Waals surface area contributed by atoms with Crippen molar-refractivity contribution in [1.82, 2.24) is 14.1 Å². The molecule has 206 valence electrons. The van der Waals surface area contributed by atoms with Crippen LogP contribution in [-0.2, 0) is 23.0 Å². The summed E-state index contributed by atoms with van der Waals surface area (Å²) in [6.07, 6.45) is 2.71. The minimum Gasteiger partial charge on any atom is -0.339 e. The largest absolute Gasteiger partial charge is 0.339 e. The maximum atomic E-state index is 13.5. The number of likely N-dealkylation sites (N-methyl/N-ethyl adjacent to an activating group) is 1. The third-order valence-corrected chi connectivity index (χ3v) is 10.2. The molecule has 1 aromatic heterocycles. The summed E-state index contributed by atoms with van der Waals surface area (Å²) in [5.41, 5.74) is 1.87. The van der Waals surface area contributed by atoms with Crippen LogP contribution < -0.4 is 5.32 Å². The van der Waals surface area contributed by atoms with Gasteiger partial charge in [-0.2, -0.15) is 14.8 Å². The number of carbonyl (C=O) groups is 2. The SMILES string of the molecule is CCN1CCc2c(sc(NC(=O)c3ccc(S(=O)(=O)N(CCC#N)CCC#N)cc3)c2C(=O)N2CCCC2)C1. The molecule has 0 spiro atoms. The normalized spacial score (nSPS) is 15.5. The molecule has 2 aromatic rings. The summed E-state index contributed by atoms with van der Waals surface area (Å²) < 4.78 is 27.3. The van der Waals surface area contributed by atoms with Gasteiger partial charge in [0.1, 0.15) is 5.00 Å². The zero-order valence-corrected chi connectivity index (χ0v) is 23.6. The van der Waals surface area contributed by atoms with Crippen LogP contribution in [0.25, 0.3) is 0 Å². The number of carbonyl (C=O) groups excluding carboxylic acids is 2. The zero-order chi connectivity index (χ0) is 28.0. The Kier molecular flexibility index (Phi) is 9.36. The number of fused-ring (bicyclic) bond motifs is 1. The molecule has 1 fully saturated rings. The summed E-state index contributed by atoms with van der Waals surface area (Å²) in [7, 11) is -3.94. The molecule has 4 rings (SSSR count). The van der Waals surface area contributed by atoms with Gasteiger partial charge in [0.25, 0.3) is 11.8 Å². The van der Waals surface area contributed by atoms with Gasteiger partial charge in [-0.1, -0.05) is 6.92 Å². The van der Waals surface area contributed by atoms with E-state index in [2.05, 4.69) is 17.1 Å². The van der Waals surface area contributed by atoms with Gasteiger partial charge in [0.2, 0.25) is 10.0 Å². The number of amides is 2. The molecule has 0 radical (unpaired) electrons. The molecule has 2 aliphatic heterocycles. The van der Waals surface area contributed by atoms with Crippen LogP contribution >= 0.6 is 11.3 Å². The summed E-state index contributed by atoms with van der Waals surface area (Å²) in [6.45, 7) is 6.02. The summed E-state index contributed by atoms with van der Waals surface area (Å²) in [5, 5.41) is 21.2. The fraction of sp³-hybridized carbons (Fsp3) is 0.481. The maximum absolute atomic E-state index is 13.5. The van der Waals surface area contributed by atoms with Gasteiger partial charge in [0, 0.05) is 62.6 Å². The number of rotatable bonds is 10. The summed E-state index contributed by atoms with van der Waals surface area (Å²) in [5.74, 6) is -0.465. The maximum Gasteiger partial charge on any atom is 0.257 e. The average Bonchev–Trinajstić information content (AvgIpc) is 3.60. The second kappa shape index (κ2) is 12.7. The molecular weight excluding hydrogens is 536 g/mol.